The zero-order valence-corrected chi connectivity index (χ0v) is 9.53. The van der Waals surface area contributed by atoms with Crippen molar-refractivity contribution in [1.82, 2.24) is 4.90 Å². The van der Waals surface area contributed by atoms with Gasteiger partial charge in [0.2, 0.25) is 11.9 Å². The van der Waals surface area contributed by atoms with Gasteiger partial charge in [-0.25, -0.2) is 0 Å². The van der Waals surface area contributed by atoms with Crippen LogP contribution in [0.4, 0.5) is 0 Å². The van der Waals surface area contributed by atoms with Gasteiger partial charge in [0.25, 0.3) is 5.91 Å². The summed E-state index contributed by atoms with van der Waals surface area (Å²) in [5.74, 6) is -2.33. The minimum Gasteiger partial charge on any atom is -0.455 e. The standard InChI is InChI=1S/C10H12N2O6/c13-8-2-1-3-11(8)9(14)5-18-10(15)6-4-7(6)12(16)17/h6-7H,1-5H2. The van der Waals surface area contributed by atoms with Gasteiger partial charge in [0.05, 0.1) is 0 Å². The van der Waals surface area contributed by atoms with Crippen LogP contribution in [0.15, 0.2) is 0 Å². The molecule has 0 aromatic heterocycles. The van der Waals surface area contributed by atoms with E-state index in [1.54, 1.807) is 0 Å². The molecule has 0 N–H and O–H groups in total. The molecule has 2 aliphatic rings. The maximum absolute atomic E-state index is 11.5. The van der Waals surface area contributed by atoms with Crippen molar-refractivity contribution in [2.75, 3.05) is 13.2 Å². The Balaban J connectivity index is 1.75. The van der Waals surface area contributed by atoms with Crippen LogP contribution in [-0.4, -0.2) is 46.8 Å². The first kappa shape index (κ1) is 12.5. The summed E-state index contributed by atoms with van der Waals surface area (Å²) in [4.78, 5) is 44.9. The van der Waals surface area contributed by atoms with Crippen molar-refractivity contribution in [2.45, 2.75) is 25.3 Å². The third kappa shape index (κ3) is 2.47. The molecule has 1 aliphatic carbocycles. The van der Waals surface area contributed by atoms with Gasteiger partial charge in [-0.05, 0) is 6.42 Å². The number of likely N-dealkylation sites (tertiary alicyclic amines) is 1. The topological polar surface area (TPSA) is 107 Å². The first-order valence-electron chi connectivity index (χ1n) is 5.64. The van der Waals surface area contributed by atoms with Crippen molar-refractivity contribution < 1.29 is 24.0 Å². The lowest BCUT2D eigenvalue weighted by atomic mass is 10.4. The Morgan fingerprint density at radius 3 is 2.72 bits per heavy atom. The average Bonchev–Trinajstić information content (AvgIpc) is 3.02. The molecule has 2 amide bonds. The molecular weight excluding hydrogens is 244 g/mol. The number of carbonyl (C=O) groups excluding carboxylic acids is 3. The molecule has 1 heterocycles. The van der Waals surface area contributed by atoms with Crippen LogP contribution in [0.2, 0.25) is 0 Å². The monoisotopic (exact) mass is 256 g/mol. The lowest BCUT2D eigenvalue weighted by molar-refractivity contribution is -0.497. The zero-order valence-electron chi connectivity index (χ0n) is 9.53. The molecule has 98 valence electrons. The van der Waals surface area contributed by atoms with E-state index in [2.05, 4.69) is 4.74 Å². The number of esters is 1. The Bertz CT molecular complexity index is 421. The van der Waals surface area contributed by atoms with Crippen LogP contribution in [0, 0.1) is 16.0 Å². The normalized spacial score (nSPS) is 26.0. The minimum atomic E-state index is -0.888. The molecule has 1 aliphatic heterocycles. The highest BCUT2D eigenvalue weighted by atomic mass is 16.6. The van der Waals surface area contributed by atoms with E-state index in [1.807, 2.05) is 0 Å². The molecule has 1 saturated heterocycles. The van der Waals surface area contributed by atoms with Gasteiger partial charge in [-0.1, -0.05) is 0 Å². The number of amides is 2. The number of imide groups is 1. The number of rotatable bonds is 4. The van der Waals surface area contributed by atoms with Gasteiger partial charge >= 0.3 is 5.97 Å². The van der Waals surface area contributed by atoms with Gasteiger partial charge in [-0.3, -0.25) is 29.4 Å². The lowest BCUT2D eigenvalue weighted by Crippen LogP contribution is -2.35. The smallest absolute Gasteiger partial charge is 0.316 e. The summed E-state index contributed by atoms with van der Waals surface area (Å²) in [6, 6.07) is -0.888. The highest BCUT2D eigenvalue weighted by molar-refractivity contribution is 5.97. The fraction of sp³-hybridized carbons (Fsp3) is 0.700. The summed E-state index contributed by atoms with van der Waals surface area (Å²) < 4.78 is 4.68. The minimum absolute atomic E-state index is 0.155. The Hall–Kier alpha value is -1.99. The largest absolute Gasteiger partial charge is 0.455 e. The molecule has 2 rings (SSSR count). The second kappa shape index (κ2) is 4.71. The van der Waals surface area contributed by atoms with Crippen molar-refractivity contribution >= 4 is 17.8 Å². The zero-order chi connectivity index (χ0) is 13.3. The maximum atomic E-state index is 11.5. The Kier molecular flexibility index (Phi) is 3.26. The summed E-state index contributed by atoms with van der Waals surface area (Å²) in [6.07, 6.45) is 1.10. The lowest BCUT2D eigenvalue weighted by Gasteiger charge is -2.12. The Morgan fingerprint density at radius 1 is 1.50 bits per heavy atom. The molecule has 2 fully saturated rings. The van der Waals surface area contributed by atoms with Crippen molar-refractivity contribution in [3.63, 3.8) is 0 Å². The summed E-state index contributed by atoms with van der Waals surface area (Å²) in [7, 11) is 0. The van der Waals surface area contributed by atoms with E-state index in [1.165, 1.54) is 0 Å². The number of nitrogens with zero attached hydrogens (tertiary/aromatic N) is 2. The second-order valence-electron chi connectivity index (χ2n) is 4.35. The molecule has 0 bridgehead atoms. The number of ether oxygens (including phenoxy) is 1. The predicted molar refractivity (Wildman–Crippen MR) is 55.8 cm³/mol. The predicted octanol–water partition coefficient (Wildman–Crippen LogP) is -0.656. The summed E-state index contributed by atoms with van der Waals surface area (Å²) in [6.45, 7) is -0.179. The highest BCUT2D eigenvalue weighted by Gasteiger charge is 2.54. The molecule has 2 atom stereocenters. The molecular formula is C10H12N2O6. The van der Waals surface area contributed by atoms with E-state index in [4.69, 9.17) is 0 Å². The van der Waals surface area contributed by atoms with Crippen LogP contribution >= 0.6 is 0 Å². The van der Waals surface area contributed by atoms with Crippen molar-refractivity contribution in [1.29, 1.82) is 0 Å². The van der Waals surface area contributed by atoms with Crippen LogP contribution in [0.3, 0.4) is 0 Å². The molecule has 0 aromatic carbocycles. The number of hydrogen-bond acceptors (Lipinski definition) is 6. The van der Waals surface area contributed by atoms with Crippen LogP contribution in [0.5, 0.6) is 0 Å². The van der Waals surface area contributed by atoms with Gasteiger partial charge in [-0.15, -0.1) is 0 Å². The molecule has 0 spiro atoms. The molecule has 18 heavy (non-hydrogen) atoms. The fourth-order valence-electron chi connectivity index (χ4n) is 1.90. The van der Waals surface area contributed by atoms with E-state index in [0.29, 0.717) is 19.4 Å². The summed E-state index contributed by atoms with van der Waals surface area (Å²) in [5, 5.41) is 10.3. The van der Waals surface area contributed by atoms with Gasteiger partial charge in [0, 0.05) is 24.3 Å². The van der Waals surface area contributed by atoms with Gasteiger partial charge in [-0.2, -0.15) is 0 Å². The van der Waals surface area contributed by atoms with Gasteiger partial charge in [0.1, 0.15) is 5.92 Å². The van der Waals surface area contributed by atoms with E-state index in [-0.39, 0.29) is 12.3 Å². The van der Waals surface area contributed by atoms with Gasteiger partial charge < -0.3 is 4.74 Å². The Labute approximate surface area is 102 Å². The van der Waals surface area contributed by atoms with Crippen molar-refractivity contribution in [2.24, 2.45) is 5.92 Å². The summed E-state index contributed by atoms with van der Waals surface area (Å²) >= 11 is 0. The molecule has 2 unspecified atom stereocenters. The van der Waals surface area contributed by atoms with Crippen LogP contribution in [0.1, 0.15) is 19.3 Å². The fourth-order valence-corrected chi connectivity index (χ4v) is 1.90. The van der Waals surface area contributed by atoms with E-state index in [9.17, 15) is 24.5 Å². The first-order chi connectivity index (χ1) is 8.50. The molecule has 0 radical (unpaired) electrons. The van der Waals surface area contributed by atoms with E-state index in [0.717, 1.165) is 4.90 Å². The summed E-state index contributed by atoms with van der Waals surface area (Å²) in [5.41, 5.74) is 0. The van der Waals surface area contributed by atoms with E-state index < -0.39 is 35.4 Å². The third-order valence-electron chi connectivity index (χ3n) is 3.04. The first-order valence-corrected chi connectivity index (χ1v) is 5.64. The van der Waals surface area contributed by atoms with Crippen molar-refractivity contribution in [3.8, 4) is 0 Å². The quantitative estimate of drug-likeness (QED) is 0.375. The van der Waals surface area contributed by atoms with Crippen LogP contribution in [-0.2, 0) is 19.1 Å². The molecule has 8 nitrogen and oxygen atoms in total. The van der Waals surface area contributed by atoms with Crippen LogP contribution in [0.25, 0.3) is 0 Å². The van der Waals surface area contributed by atoms with Crippen LogP contribution < -0.4 is 0 Å². The van der Waals surface area contributed by atoms with Gasteiger partial charge in [0.15, 0.2) is 6.61 Å². The third-order valence-corrected chi connectivity index (χ3v) is 3.04. The number of hydrogen-bond donors (Lipinski definition) is 0. The molecule has 0 aromatic rings. The SMILES string of the molecule is O=C(OCC(=O)N1CCCC1=O)C1CC1[N+](=O)[O-]. The maximum Gasteiger partial charge on any atom is 0.316 e. The van der Waals surface area contributed by atoms with E-state index >= 15 is 0 Å². The molecule has 8 heteroatoms. The number of carbonyl (C=O) groups is 3. The highest BCUT2D eigenvalue weighted by Crippen LogP contribution is 2.34. The van der Waals surface area contributed by atoms with Crippen molar-refractivity contribution in [3.05, 3.63) is 10.1 Å². The average molecular weight is 256 g/mol. The Morgan fingerprint density at radius 2 is 2.22 bits per heavy atom. The second-order valence-corrected chi connectivity index (χ2v) is 4.35. The number of nitro groups is 1. The molecule has 1 saturated carbocycles.